The number of nitrogens with zero attached hydrogens (tertiary/aromatic N) is 3. The van der Waals surface area contributed by atoms with E-state index in [-0.39, 0.29) is 0 Å². The average molecular weight is 246 g/mol. The molecule has 0 amide bonds. The van der Waals surface area contributed by atoms with Crippen molar-refractivity contribution in [3.8, 4) is 0 Å². The Bertz CT molecular complexity index is 406. The number of hydrogen-bond donors (Lipinski definition) is 1. The lowest BCUT2D eigenvalue weighted by molar-refractivity contribution is 0.428. The zero-order valence-corrected chi connectivity index (χ0v) is 11.1. The van der Waals surface area contributed by atoms with E-state index in [9.17, 15) is 0 Å². The van der Waals surface area contributed by atoms with Crippen molar-refractivity contribution in [1.82, 2.24) is 9.88 Å². The van der Waals surface area contributed by atoms with Crippen LogP contribution >= 0.6 is 0 Å². The summed E-state index contributed by atoms with van der Waals surface area (Å²) in [7, 11) is 0. The van der Waals surface area contributed by atoms with Gasteiger partial charge in [0.25, 0.3) is 0 Å². The van der Waals surface area contributed by atoms with Crippen molar-refractivity contribution in [3.05, 3.63) is 29.6 Å². The van der Waals surface area contributed by atoms with Gasteiger partial charge in [0.05, 0.1) is 12.2 Å². The minimum atomic E-state index is 0.573. The van der Waals surface area contributed by atoms with Crippen molar-refractivity contribution in [2.75, 3.05) is 13.1 Å². The first kappa shape index (κ1) is 12.9. The van der Waals surface area contributed by atoms with E-state index in [0.29, 0.717) is 12.5 Å². The van der Waals surface area contributed by atoms with Crippen molar-refractivity contribution < 1.29 is 0 Å². The lowest BCUT2D eigenvalue weighted by atomic mass is 10.2. The highest BCUT2D eigenvalue weighted by Crippen LogP contribution is 2.09. The minimum absolute atomic E-state index is 0.573. The van der Waals surface area contributed by atoms with Gasteiger partial charge in [-0.3, -0.25) is 4.98 Å². The maximum absolute atomic E-state index is 6.05. The standard InChI is InChI=1S/C14H22N4/c1-12-7-6-8-13(17-12)11-16-14(15)18-9-4-2-3-5-10-18/h6-8H,2-5,9-11H2,1H3,(H2,15,16). The Morgan fingerprint density at radius 3 is 2.67 bits per heavy atom. The van der Waals surface area contributed by atoms with E-state index in [2.05, 4.69) is 14.9 Å². The first-order valence-corrected chi connectivity index (χ1v) is 6.73. The van der Waals surface area contributed by atoms with Crippen LogP contribution in [0.2, 0.25) is 0 Å². The third-order valence-electron chi connectivity index (χ3n) is 3.28. The molecule has 4 heteroatoms. The van der Waals surface area contributed by atoms with Crippen molar-refractivity contribution in [2.45, 2.75) is 39.2 Å². The molecular formula is C14H22N4. The number of nitrogens with two attached hydrogens (primary N) is 1. The van der Waals surface area contributed by atoms with Crippen LogP contribution in [-0.2, 0) is 6.54 Å². The van der Waals surface area contributed by atoms with Crippen LogP contribution in [0.5, 0.6) is 0 Å². The average Bonchev–Trinajstić information content (AvgIpc) is 2.65. The molecule has 2 N–H and O–H groups in total. The molecule has 1 saturated heterocycles. The van der Waals surface area contributed by atoms with Crippen LogP contribution in [0.15, 0.2) is 23.2 Å². The third kappa shape index (κ3) is 3.72. The van der Waals surface area contributed by atoms with Crippen LogP contribution in [-0.4, -0.2) is 28.9 Å². The number of likely N-dealkylation sites (tertiary alicyclic amines) is 1. The number of aromatic nitrogens is 1. The highest BCUT2D eigenvalue weighted by Gasteiger charge is 2.10. The molecule has 0 aromatic carbocycles. The van der Waals surface area contributed by atoms with E-state index in [1.54, 1.807) is 0 Å². The van der Waals surface area contributed by atoms with Gasteiger partial charge < -0.3 is 10.6 Å². The monoisotopic (exact) mass is 246 g/mol. The van der Waals surface area contributed by atoms with E-state index in [1.165, 1.54) is 25.7 Å². The van der Waals surface area contributed by atoms with Gasteiger partial charge in [-0.1, -0.05) is 18.9 Å². The largest absolute Gasteiger partial charge is 0.370 e. The van der Waals surface area contributed by atoms with Gasteiger partial charge >= 0.3 is 0 Å². The molecule has 18 heavy (non-hydrogen) atoms. The summed E-state index contributed by atoms with van der Waals surface area (Å²) in [4.78, 5) is 11.1. The molecule has 1 aromatic rings. The van der Waals surface area contributed by atoms with Crippen LogP contribution in [0.3, 0.4) is 0 Å². The predicted molar refractivity (Wildman–Crippen MR) is 74.3 cm³/mol. The zero-order valence-electron chi connectivity index (χ0n) is 11.1. The van der Waals surface area contributed by atoms with Crippen molar-refractivity contribution in [3.63, 3.8) is 0 Å². The summed E-state index contributed by atoms with van der Waals surface area (Å²) in [5.41, 5.74) is 8.06. The van der Waals surface area contributed by atoms with Crippen molar-refractivity contribution in [2.24, 2.45) is 10.7 Å². The quantitative estimate of drug-likeness (QED) is 0.642. The Kier molecular flexibility index (Phi) is 4.56. The Balaban J connectivity index is 1.95. The topological polar surface area (TPSA) is 54.5 Å². The number of hydrogen-bond acceptors (Lipinski definition) is 2. The molecule has 0 radical (unpaired) electrons. The van der Waals surface area contributed by atoms with E-state index in [0.717, 1.165) is 24.5 Å². The maximum Gasteiger partial charge on any atom is 0.191 e. The molecule has 1 aromatic heterocycles. The fraction of sp³-hybridized carbons (Fsp3) is 0.571. The number of rotatable bonds is 2. The van der Waals surface area contributed by atoms with Crippen molar-refractivity contribution >= 4 is 5.96 Å². The van der Waals surface area contributed by atoms with E-state index in [4.69, 9.17) is 5.73 Å². The molecule has 0 aliphatic carbocycles. The normalized spacial score (nSPS) is 17.6. The molecule has 4 nitrogen and oxygen atoms in total. The van der Waals surface area contributed by atoms with Gasteiger partial charge in [0.2, 0.25) is 0 Å². The minimum Gasteiger partial charge on any atom is -0.370 e. The van der Waals surface area contributed by atoms with Crippen LogP contribution < -0.4 is 5.73 Å². The molecule has 0 bridgehead atoms. The van der Waals surface area contributed by atoms with Crippen LogP contribution in [0.25, 0.3) is 0 Å². The number of aryl methyl sites for hydroxylation is 1. The fourth-order valence-electron chi connectivity index (χ4n) is 2.25. The molecule has 0 atom stereocenters. The van der Waals surface area contributed by atoms with E-state index >= 15 is 0 Å². The van der Waals surface area contributed by atoms with Gasteiger partial charge in [0, 0.05) is 18.8 Å². The molecule has 0 unspecified atom stereocenters. The van der Waals surface area contributed by atoms with Gasteiger partial charge in [-0.25, -0.2) is 4.99 Å². The summed E-state index contributed by atoms with van der Waals surface area (Å²) >= 11 is 0. The molecule has 1 aliphatic rings. The van der Waals surface area contributed by atoms with Gasteiger partial charge in [-0.2, -0.15) is 0 Å². The first-order valence-electron chi connectivity index (χ1n) is 6.73. The summed E-state index contributed by atoms with van der Waals surface area (Å²) in [5.74, 6) is 0.667. The van der Waals surface area contributed by atoms with Crippen LogP contribution in [0.4, 0.5) is 0 Å². The van der Waals surface area contributed by atoms with E-state index in [1.807, 2.05) is 25.1 Å². The summed E-state index contributed by atoms with van der Waals surface area (Å²) < 4.78 is 0. The molecular weight excluding hydrogens is 224 g/mol. The number of guanidine groups is 1. The predicted octanol–water partition coefficient (Wildman–Crippen LogP) is 2.08. The van der Waals surface area contributed by atoms with Gasteiger partial charge in [0.15, 0.2) is 5.96 Å². The van der Waals surface area contributed by atoms with Gasteiger partial charge in [-0.05, 0) is 31.9 Å². The number of pyridine rings is 1. The SMILES string of the molecule is Cc1cccc(CN=C(N)N2CCCCCC2)n1. The molecule has 98 valence electrons. The lowest BCUT2D eigenvalue weighted by Crippen LogP contribution is -2.38. The molecule has 2 rings (SSSR count). The molecule has 0 spiro atoms. The van der Waals surface area contributed by atoms with Crippen LogP contribution in [0.1, 0.15) is 37.1 Å². The Morgan fingerprint density at radius 2 is 2.00 bits per heavy atom. The first-order chi connectivity index (χ1) is 8.75. The molecule has 1 fully saturated rings. The summed E-state index contributed by atoms with van der Waals surface area (Å²) in [5, 5.41) is 0. The zero-order chi connectivity index (χ0) is 12.8. The second kappa shape index (κ2) is 6.38. The second-order valence-corrected chi connectivity index (χ2v) is 4.85. The Hall–Kier alpha value is -1.58. The highest BCUT2D eigenvalue weighted by molar-refractivity contribution is 5.78. The third-order valence-corrected chi connectivity index (χ3v) is 3.28. The molecule has 0 saturated carbocycles. The lowest BCUT2D eigenvalue weighted by Gasteiger charge is -2.21. The van der Waals surface area contributed by atoms with E-state index < -0.39 is 0 Å². The smallest absolute Gasteiger partial charge is 0.191 e. The summed E-state index contributed by atoms with van der Waals surface area (Å²) in [6.45, 7) is 4.64. The highest BCUT2D eigenvalue weighted by atomic mass is 15.2. The van der Waals surface area contributed by atoms with Gasteiger partial charge in [-0.15, -0.1) is 0 Å². The second-order valence-electron chi connectivity index (χ2n) is 4.85. The molecule has 1 aliphatic heterocycles. The summed E-state index contributed by atoms with van der Waals surface area (Å²) in [6, 6.07) is 5.99. The maximum atomic E-state index is 6.05. The molecule has 2 heterocycles. The van der Waals surface area contributed by atoms with Crippen molar-refractivity contribution in [1.29, 1.82) is 0 Å². The summed E-state index contributed by atoms with van der Waals surface area (Å²) in [6.07, 6.45) is 5.06. The van der Waals surface area contributed by atoms with Crippen LogP contribution in [0, 0.1) is 6.92 Å². The fourth-order valence-corrected chi connectivity index (χ4v) is 2.25. The van der Waals surface area contributed by atoms with Gasteiger partial charge in [0.1, 0.15) is 0 Å². The Morgan fingerprint density at radius 1 is 1.28 bits per heavy atom. The number of aliphatic imine (C=N–C) groups is 1. The Labute approximate surface area is 109 Å².